The highest BCUT2D eigenvalue weighted by Crippen LogP contribution is 2.35. The zero-order valence-corrected chi connectivity index (χ0v) is 17.4. The Morgan fingerprint density at radius 3 is 2.14 bits per heavy atom. The van der Waals surface area contributed by atoms with Gasteiger partial charge in [0.15, 0.2) is 0 Å². The number of methoxy groups -OCH3 is 1. The van der Waals surface area contributed by atoms with Crippen LogP contribution in [0.5, 0.6) is 0 Å². The number of carbonyl (C=O) groups is 3. The van der Waals surface area contributed by atoms with Gasteiger partial charge in [-0.15, -0.1) is 0 Å². The number of nitrogens with zero attached hydrogens (tertiary/aromatic N) is 2. The average Bonchev–Trinajstić information content (AvgIpc) is 2.67. The van der Waals surface area contributed by atoms with Crippen LogP contribution >= 0.6 is 0 Å². The summed E-state index contributed by atoms with van der Waals surface area (Å²) in [5, 5.41) is 0. The predicted octanol–water partition coefficient (Wildman–Crippen LogP) is 3.37. The molecule has 0 bridgehead atoms. The number of carbonyl (C=O) groups excluding carboxylic acids is 3. The van der Waals surface area contributed by atoms with Crippen LogP contribution in [0.1, 0.15) is 47.0 Å². The van der Waals surface area contributed by atoms with Gasteiger partial charge in [0.05, 0.1) is 7.11 Å². The molecule has 1 aliphatic rings. The molecule has 0 radical (unpaired) electrons. The van der Waals surface area contributed by atoms with Crippen molar-refractivity contribution in [3.63, 3.8) is 0 Å². The normalized spacial score (nSPS) is 16.2. The lowest BCUT2D eigenvalue weighted by atomic mass is 9.84. The fraction of sp³-hybridized carbons (Fsp3) is 0.571. The standard InChI is InChI=1S/C21H30N2O5/c1-6-17(24)23(16-10-8-7-9-11-16)21(18(25)27-5)12-14-22(15-13-21)19(26)28-20(2,3)4/h7-11H,6,12-15H2,1-5H3. The van der Waals surface area contributed by atoms with E-state index in [1.807, 2.05) is 39.0 Å². The maximum Gasteiger partial charge on any atom is 0.410 e. The van der Waals surface area contributed by atoms with Gasteiger partial charge in [-0.05, 0) is 45.7 Å². The van der Waals surface area contributed by atoms with Gasteiger partial charge in [0.1, 0.15) is 11.1 Å². The van der Waals surface area contributed by atoms with Crippen molar-refractivity contribution in [1.82, 2.24) is 4.90 Å². The van der Waals surface area contributed by atoms with Crippen molar-refractivity contribution in [2.75, 3.05) is 25.1 Å². The number of hydrogen-bond donors (Lipinski definition) is 0. The molecule has 2 amide bonds. The second kappa shape index (κ2) is 8.63. The van der Waals surface area contributed by atoms with E-state index in [2.05, 4.69) is 0 Å². The summed E-state index contributed by atoms with van der Waals surface area (Å²) in [5.74, 6) is -0.635. The number of para-hydroxylation sites is 1. The second-order valence-electron chi connectivity index (χ2n) is 7.91. The van der Waals surface area contributed by atoms with E-state index >= 15 is 0 Å². The largest absolute Gasteiger partial charge is 0.467 e. The fourth-order valence-electron chi connectivity index (χ4n) is 3.46. The van der Waals surface area contributed by atoms with Crippen LogP contribution in [0.3, 0.4) is 0 Å². The molecule has 0 N–H and O–H groups in total. The summed E-state index contributed by atoms with van der Waals surface area (Å²) in [6.45, 7) is 7.79. The van der Waals surface area contributed by atoms with Crippen molar-refractivity contribution >= 4 is 23.7 Å². The maximum atomic E-state index is 12.9. The van der Waals surface area contributed by atoms with Gasteiger partial charge in [-0.2, -0.15) is 0 Å². The van der Waals surface area contributed by atoms with Crippen LogP contribution in [0.4, 0.5) is 10.5 Å². The first-order chi connectivity index (χ1) is 13.1. The number of benzene rings is 1. The van der Waals surface area contributed by atoms with Crippen molar-refractivity contribution in [1.29, 1.82) is 0 Å². The fourth-order valence-corrected chi connectivity index (χ4v) is 3.46. The molecule has 1 heterocycles. The van der Waals surface area contributed by atoms with Crippen molar-refractivity contribution in [3.05, 3.63) is 30.3 Å². The highest BCUT2D eigenvalue weighted by molar-refractivity contribution is 6.02. The summed E-state index contributed by atoms with van der Waals surface area (Å²) in [4.78, 5) is 41.3. The second-order valence-corrected chi connectivity index (χ2v) is 7.91. The molecular formula is C21H30N2O5. The Hall–Kier alpha value is -2.57. The molecule has 0 spiro atoms. The lowest BCUT2D eigenvalue weighted by Gasteiger charge is -2.46. The highest BCUT2D eigenvalue weighted by atomic mass is 16.6. The van der Waals surface area contributed by atoms with Crippen LogP contribution in [-0.2, 0) is 19.1 Å². The van der Waals surface area contributed by atoms with Crippen LogP contribution < -0.4 is 4.90 Å². The van der Waals surface area contributed by atoms with Crippen LogP contribution in [-0.4, -0.2) is 54.2 Å². The third-order valence-corrected chi connectivity index (χ3v) is 4.80. The van der Waals surface area contributed by atoms with E-state index < -0.39 is 23.2 Å². The molecule has 1 aromatic rings. The summed E-state index contributed by atoms with van der Waals surface area (Å²) >= 11 is 0. The molecule has 154 valence electrons. The van der Waals surface area contributed by atoms with E-state index in [4.69, 9.17) is 9.47 Å². The summed E-state index contributed by atoms with van der Waals surface area (Å²) in [5.41, 5.74) is -1.10. The predicted molar refractivity (Wildman–Crippen MR) is 106 cm³/mol. The number of hydrogen-bond acceptors (Lipinski definition) is 5. The molecule has 1 fully saturated rings. The third-order valence-electron chi connectivity index (χ3n) is 4.80. The molecule has 1 aliphatic heterocycles. The minimum absolute atomic E-state index is 0.165. The smallest absolute Gasteiger partial charge is 0.410 e. The van der Waals surface area contributed by atoms with Crippen LogP contribution in [0.15, 0.2) is 30.3 Å². The lowest BCUT2D eigenvalue weighted by molar-refractivity contribution is -0.150. The van der Waals surface area contributed by atoms with Gasteiger partial charge in [0.25, 0.3) is 0 Å². The molecule has 1 saturated heterocycles. The van der Waals surface area contributed by atoms with E-state index in [1.54, 1.807) is 28.9 Å². The minimum atomic E-state index is -1.15. The van der Waals surface area contributed by atoms with E-state index in [0.717, 1.165) is 0 Å². The molecule has 0 aromatic heterocycles. The van der Waals surface area contributed by atoms with Gasteiger partial charge in [0, 0.05) is 25.2 Å². The van der Waals surface area contributed by atoms with Crippen molar-refractivity contribution in [3.8, 4) is 0 Å². The quantitative estimate of drug-likeness (QED) is 0.737. The Morgan fingerprint density at radius 2 is 1.68 bits per heavy atom. The van der Waals surface area contributed by atoms with Crippen LogP contribution in [0.2, 0.25) is 0 Å². The average molecular weight is 390 g/mol. The van der Waals surface area contributed by atoms with Gasteiger partial charge in [0.2, 0.25) is 5.91 Å². The molecule has 1 aromatic carbocycles. The molecule has 0 atom stereocenters. The Labute approximate surface area is 166 Å². The van der Waals surface area contributed by atoms with Gasteiger partial charge in [-0.25, -0.2) is 9.59 Å². The monoisotopic (exact) mass is 390 g/mol. The van der Waals surface area contributed by atoms with Gasteiger partial charge >= 0.3 is 12.1 Å². The Balaban J connectivity index is 2.34. The molecule has 28 heavy (non-hydrogen) atoms. The first kappa shape index (κ1) is 21.7. The zero-order chi connectivity index (χ0) is 20.9. The van der Waals surface area contributed by atoms with Gasteiger partial charge in [-0.1, -0.05) is 25.1 Å². The molecule has 7 heteroatoms. The van der Waals surface area contributed by atoms with E-state index in [9.17, 15) is 14.4 Å². The SMILES string of the molecule is CCC(=O)N(c1ccccc1)C1(C(=O)OC)CCN(C(=O)OC(C)(C)C)CC1. The van der Waals surface area contributed by atoms with E-state index in [0.29, 0.717) is 18.8 Å². The third kappa shape index (κ3) is 4.64. The lowest BCUT2D eigenvalue weighted by Crippen LogP contribution is -2.63. The Bertz CT molecular complexity index is 703. The van der Waals surface area contributed by atoms with Crippen molar-refractivity contribution in [2.24, 2.45) is 0 Å². The topological polar surface area (TPSA) is 76.2 Å². The first-order valence-corrected chi connectivity index (χ1v) is 9.59. The van der Waals surface area contributed by atoms with E-state index in [1.165, 1.54) is 7.11 Å². The van der Waals surface area contributed by atoms with Crippen molar-refractivity contribution in [2.45, 2.75) is 58.1 Å². The van der Waals surface area contributed by atoms with Crippen LogP contribution in [0.25, 0.3) is 0 Å². The highest BCUT2D eigenvalue weighted by Gasteiger charge is 2.50. The summed E-state index contributed by atoms with van der Waals surface area (Å²) in [6.07, 6.45) is 0.391. The number of ether oxygens (including phenoxy) is 2. The summed E-state index contributed by atoms with van der Waals surface area (Å²) in [6, 6.07) is 9.11. The number of piperidine rings is 1. The number of rotatable bonds is 4. The van der Waals surface area contributed by atoms with Gasteiger partial charge in [-0.3, -0.25) is 9.69 Å². The molecule has 7 nitrogen and oxygen atoms in total. The first-order valence-electron chi connectivity index (χ1n) is 9.59. The summed E-state index contributed by atoms with van der Waals surface area (Å²) < 4.78 is 10.5. The molecule has 0 aliphatic carbocycles. The van der Waals surface area contributed by atoms with E-state index in [-0.39, 0.29) is 25.2 Å². The molecule has 2 rings (SSSR count). The number of esters is 1. The van der Waals surface area contributed by atoms with Crippen molar-refractivity contribution < 1.29 is 23.9 Å². The minimum Gasteiger partial charge on any atom is -0.467 e. The van der Waals surface area contributed by atoms with Gasteiger partial charge < -0.3 is 14.4 Å². The number of likely N-dealkylation sites (tertiary alicyclic amines) is 1. The Morgan fingerprint density at radius 1 is 1.11 bits per heavy atom. The Kier molecular flexibility index (Phi) is 6.69. The number of amides is 2. The molecular weight excluding hydrogens is 360 g/mol. The molecule has 0 unspecified atom stereocenters. The zero-order valence-electron chi connectivity index (χ0n) is 17.4. The summed E-state index contributed by atoms with van der Waals surface area (Å²) in [7, 11) is 1.32. The van der Waals surface area contributed by atoms with Crippen LogP contribution in [0, 0.1) is 0 Å². The maximum absolute atomic E-state index is 12.9. The molecule has 0 saturated carbocycles. The number of anilines is 1.